The standard InChI is InChI=1S/C11H22N2O2/c1-9(5-7-15-3)12-11-4-6-13(8-11)10(2)14/h9,11-12H,4-8H2,1-3H3. The minimum atomic E-state index is 0.184. The third-order valence-corrected chi connectivity index (χ3v) is 2.91. The number of ether oxygens (including phenoxy) is 1. The van der Waals surface area contributed by atoms with E-state index in [9.17, 15) is 4.79 Å². The van der Waals surface area contributed by atoms with Crippen molar-refractivity contribution in [3.8, 4) is 0 Å². The topological polar surface area (TPSA) is 41.6 Å². The van der Waals surface area contributed by atoms with Crippen molar-refractivity contribution in [1.29, 1.82) is 0 Å². The zero-order chi connectivity index (χ0) is 11.3. The summed E-state index contributed by atoms with van der Waals surface area (Å²) in [6.45, 7) is 6.33. The Bertz CT molecular complexity index is 209. The van der Waals surface area contributed by atoms with Crippen molar-refractivity contribution >= 4 is 5.91 Å². The first-order chi connectivity index (χ1) is 7.13. The average molecular weight is 214 g/mol. The highest BCUT2D eigenvalue weighted by molar-refractivity contribution is 5.73. The molecule has 0 saturated carbocycles. The Morgan fingerprint density at radius 3 is 2.93 bits per heavy atom. The van der Waals surface area contributed by atoms with Gasteiger partial charge in [-0.05, 0) is 19.8 Å². The van der Waals surface area contributed by atoms with E-state index in [2.05, 4.69) is 12.2 Å². The van der Waals surface area contributed by atoms with Gasteiger partial charge in [0.1, 0.15) is 0 Å². The van der Waals surface area contributed by atoms with Crippen LogP contribution in [0.5, 0.6) is 0 Å². The van der Waals surface area contributed by atoms with Gasteiger partial charge in [0.25, 0.3) is 0 Å². The zero-order valence-corrected chi connectivity index (χ0v) is 9.95. The maximum atomic E-state index is 11.1. The van der Waals surface area contributed by atoms with Crippen molar-refractivity contribution in [2.24, 2.45) is 0 Å². The summed E-state index contributed by atoms with van der Waals surface area (Å²) in [5, 5.41) is 3.52. The first-order valence-corrected chi connectivity index (χ1v) is 5.64. The molecule has 0 aromatic heterocycles. The minimum absolute atomic E-state index is 0.184. The summed E-state index contributed by atoms with van der Waals surface area (Å²) in [6.07, 6.45) is 2.09. The van der Waals surface area contributed by atoms with Crippen LogP contribution < -0.4 is 5.32 Å². The van der Waals surface area contributed by atoms with Crippen LogP contribution >= 0.6 is 0 Å². The molecule has 0 aromatic carbocycles. The second-order valence-electron chi connectivity index (χ2n) is 4.30. The SMILES string of the molecule is COCCC(C)NC1CCN(C(C)=O)C1. The second kappa shape index (κ2) is 6.08. The molecule has 4 nitrogen and oxygen atoms in total. The molecule has 0 bridgehead atoms. The summed E-state index contributed by atoms with van der Waals surface area (Å²) in [4.78, 5) is 13.0. The molecule has 2 unspecified atom stereocenters. The third-order valence-electron chi connectivity index (χ3n) is 2.91. The summed E-state index contributed by atoms with van der Waals surface area (Å²) in [7, 11) is 1.72. The Morgan fingerprint density at radius 2 is 2.40 bits per heavy atom. The molecule has 88 valence electrons. The molecule has 0 radical (unpaired) electrons. The molecular weight excluding hydrogens is 192 g/mol. The van der Waals surface area contributed by atoms with E-state index in [0.29, 0.717) is 12.1 Å². The van der Waals surface area contributed by atoms with Crippen LogP contribution in [0.3, 0.4) is 0 Å². The molecule has 1 aliphatic rings. The van der Waals surface area contributed by atoms with Crippen LogP contribution in [0.1, 0.15) is 26.7 Å². The summed E-state index contributed by atoms with van der Waals surface area (Å²) < 4.78 is 5.03. The Kier molecular flexibility index (Phi) is 5.05. The Hall–Kier alpha value is -0.610. The van der Waals surface area contributed by atoms with Crippen LogP contribution in [0.4, 0.5) is 0 Å². The maximum Gasteiger partial charge on any atom is 0.219 e. The van der Waals surface area contributed by atoms with Crippen molar-refractivity contribution in [2.45, 2.75) is 38.8 Å². The van der Waals surface area contributed by atoms with Crippen LogP contribution in [-0.4, -0.2) is 49.7 Å². The molecule has 4 heteroatoms. The van der Waals surface area contributed by atoms with E-state index in [1.807, 2.05) is 4.90 Å². The van der Waals surface area contributed by atoms with Gasteiger partial charge in [-0.1, -0.05) is 0 Å². The highest BCUT2D eigenvalue weighted by Gasteiger charge is 2.24. The molecule has 1 amide bonds. The van der Waals surface area contributed by atoms with Crippen LogP contribution in [0.2, 0.25) is 0 Å². The molecule has 1 heterocycles. The Balaban J connectivity index is 2.20. The van der Waals surface area contributed by atoms with Gasteiger partial charge in [0.15, 0.2) is 0 Å². The van der Waals surface area contributed by atoms with Gasteiger partial charge in [0.2, 0.25) is 5.91 Å². The van der Waals surface area contributed by atoms with E-state index in [0.717, 1.165) is 32.5 Å². The molecule has 0 aromatic rings. The first kappa shape index (κ1) is 12.5. The van der Waals surface area contributed by atoms with E-state index in [-0.39, 0.29) is 5.91 Å². The van der Waals surface area contributed by atoms with E-state index in [4.69, 9.17) is 4.74 Å². The lowest BCUT2D eigenvalue weighted by Gasteiger charge is -2.19. The fourth-order valence-electron chi connectivity index (χ4n) is 1.96. The van der Waals surface area contributed by atoms with E-state index < -0.39 is 0 Å². The maximum absolute atomic E-state index is 11.1. The van der Waals surface area contributed by atoms with Gasteiger partial charge < -0.3 is 15.0 Å². The summed E-state index contributed by atoms with van der Waals surface area (Å²) >= 11 is 0. The lowest BCUT2D eigenvalue weighted by Crippen LogP contribution is -2.39. The van der Waals surface area contributed by atoms with E-state index in [1.54, 1.807) is 14.0 Å². The highest BCUT2D eigenvalue weighted by Crippen LogP contribution is 2.10. The Morgan fingerprint density at radius 1 is 1.67 bits per heavy atom. The molecule has 15 heavy (non-hydrogen) atoms. The second-order valence-corrected chi connectivity index (χ2v) is 4.30. The van der Waals surface area contributed by atoms with Crippen molar-refractivity contribution < 1.29 is 9.53 Å². The van der Waals surface area contributed by atoms with Gasteiger partial charge in [-0.3, -0.25) is 4.79 Å². The van der Waals surface area contributed by atoms with Gasteiger partial charge in [0, 0.05) is 45.8 Å². The van der Waals surface area contributed by atoms with Gasteiger partial charge in [-0.25, -0.2) is 0 Å². The lowest BCUT2D eigenvalue weighted by atomic mass is 10.2. The molecule has 1 saturated heterocycles. The van der Waals surface area contributed by atoms with Crippen molar-refractivity contribution in [2.75, 3.05) is 26.8 Å². The van der Waals surface area contributed by atoms with Crippen molar-refractivity contribution in [3.63, 3.8) is 0 Å². The van der Waals surface area contributed by atoms with Crippen LogP contribution in [0.15, 0.2) is 0 Å². The number of hydrogen-bond donors (Lipinski definition) is 1. The molecule has 0 spiro atoms. The van der Waals surface area contributed by atoms with Gasteiger partial charge in [-0.15, -0.1) is 0 Å². The van der Waals surface area contributed by atoms with Crippen molar-refractivity contribution in [1.82, 2.24) is 10.2 Å². The molecular formula is C11H22N2O2. The zero-order valence-electron chi connectivity index (χ0n) is 9.95. The fraction of sp³-hybridized carbons (Fsp3) is 0.909. The summed E-state index contributed by atoms with van der Waals surface area (Å²) in [5.41, 5.74) is 0. The van der Waals surface area contributed by atoms with Crippen LogP contribution in [0, 0.1) is 0 Å². The number of nitrogens with zero attached hydrogens (tertiary/aromatic N) is 1. The molecule has 0 aliphatic carbocycles. The lowest BCUT2D eigenvalue weighted by molar-refractivity contribution is -0.127. The number of carbonyl (C=O) groups excluding carboxylic acids is 1. The number of hydrogen-bond acceptors (Lipinski definition) is 3. The number of methoxy groups -OCH3 is 1. The molecule has 1 rings (SSSR count). The third kappa shape index (κ3) is 4.18. The largest absolute Gasteiger partial charge is 0.385 e. The van der Waals surface area contributed by atoms with E-state index in [1.165, 1.54) is 0 Å². The van der Waals surface area contributed by atoms with Crippen LogP contribution in [-0.2, 0) is 9.53 Å². The predicted octanol–water partition coefficient (Wildman–Crippen LogP) is 0.622. The molecule has 1 fully saturated rings. The van der Waals surface area contributed by atoms with E-state index >= 15 is 0 Å². The fourth-order valence-corrected chi connectivity index (χ4v) is 1.96. The van der Waals surface area contributed by atoms with Crippen LogP contribution in [0.25, 0.3) is 0 Å². The number of rotatable bonds is 5. The molecule has 2 atom stereocenters. The van der Waals surface area contributed by atoms with Gasteiger partial charge >= 0.3 is 0 Å². The molecule has 1 aliphatic heterocycles. The average Bonchev–Trinajstić information content (AvgIpc) is 2.63. The quantitative estimate of drug-likeness (QED) is 0.729. The highest BCUT2D eigenvalue weighted by atomic mass is 16.5. The monoisotopic (exact) mass is 214 g/mol. The predicted molar refractivity (Wildman–Crippen MR) is 59.7 cm³/mol. The molecule has 1 N–H and O–H groups in total. The summed E-state index contributed by atoms with van der Waals surface area (Å²) in [5.74, 6) is 0.184. The van der Waals surface area contributed by atoms with Gasteiger partial charge in [0.05, 0.1) is 0 Å². The number of carbonyl (C=O) groups is 1. The number of nitrogens with one attached hydrogen (secondary N) is 1. The summed E-state index contributed by atoms with van der Waals surface area (Å²) in [6, 6.07) is 0.919. The number of amides is 1. The Labute approximate surface area is 92.0 Å². The number of likely N-dealkylation sites (tertiary alicyclic amines) is 1. The normalized spacial score (nSPS) is 23.1. The van der Waals surface area contributed by atoms with Crippen molar-refractivity contribution in [3.05, 3.63) is 0 Å². The minimum Gasteiger partial charge on any atom is -0.385 e. The smallest absolute Gasteiger partial charge is 0.219 e. The first-order valence-electron chi connectivity index (χ1n) is 5.64. The van der Waals surface area contributed by atoms with Gasteiger partial charge in [-0.2, -0.15) is 0 Å².